The van der Waals surface area contributed by atoms with E-state index in [0.29, 0.717) is 27.8 Å². The number of methoxy groups -OCH3 is 3. The van der Waals surface area contributed by atoms with Gasteiger partial charge in [0, 0.05) is 10.6 Å². The number of rotatable bonds is 8. The molecule has 1 heterocycles. The lowest BCUT2D eigenvalue weighted by atomic mass is 10.0. The summed E-state index contributed by atoms with van der Waals surface area (Å²) in [5, 5.41) is 5.27. The molecule has 0 bridgehead atoms. The lowest BCUT2D eigenvalue weighted by Crippen LogP contribution is -2.15. The predicted octanol–water partition coefficient (Wildman–Crippen LogP) is 5.35. The summed E-state index contributed by atoms with van der Waals surface area (Å²) in [6.45, 7) is 0.196. The maximum Gasteiger partial charge on any atom is 0.357 e. The van der Waals surface area contributed by atoms with E-state index in [-0.39, 0.29) is 23.6 Å². The van der Waals surface area contributed by atoms with E-state index in [4.69, 9.17) is 30.5 Å². The second-order valence-electron chi connectivity index (χ2n) is 7.55. The molecule has 0 aliphatic heterocycles. The Morgan fingerprint density at radius 3 is 2.19 bits per heavy atom. The summed E-state index contributed by atoms with van der Waals surface area (Å²) in [6.07, 6.45) is 0. The van der Waals surface area contributed by atoms with Crippen LogP contribution in [0.25, 0.3) is 16.9 Å². The molecule has 8 nitrogen and oxygen atoms in total. The monoisotopic (exact) mass is 506 g/mol. The van der Waals surface area contributed by atoms with Crippen LogP contribution in [0, 0.1) is 0 Å². The Morgan fingerprint density at radius 1 is 0.861 bits per heavy atom. The zero-order chi connectivity index (χ0) is 25.7. The lowest BCUT2D eigenvalue weighted by Gasteiger charge is -2.15. The minimum Gasteiger partial charge on any atom is -0.493 e. The number of esters is 2. The zero-order valence-electron chi connectivity index (χ0n) is 19.9. The van der Waals surface area contributed by atoms with Crippen molar-refractivity contribution in [3.8, 4) is 28.4 Å². The summed E-state index contributed by atoms with van der Waals surface area (Å²) < 4.78 is 23.1. The fraction of sp³-hybridized carbons (Fsp3) is 0.148. The molecule has 0 amide bonds. The van der Waals surface area contributed by atoms with Gasteiger partial charge >= 0.3 is 11.9 Å². The van der Waals surface area contributed by atoms with Gasteiger partial charge in [0.15, 0.2) is 17.2 Å². The van der Waals surface area contributed by atoms with Crippen molar-refractivity contribution >= 4 is 23.5 Å². The summed E-state index contributed by atoms with van der Waals surface area (Å²) in [7, 11) is 3.98. The summed E-state index contributed by atoms with van der Waals surface area (Å²) in [6, 6.07) is 21.4. The number of halogens is 1. The van der Waals surface area contributed by atoms with E-state index in [9.17, 15) is 9.59 Å². The molecule has 0 unspecified atom stereocenters. The van der Waals surface area contributed by atoms with E-state index in [1.54, 1.807) is 54.6 Å². The van der Waals surface area contributed by atoms with Gasteiger partial charge in [0.1, 0.15) is 17.9 Å². The molecule has 0 saturated heterocycles. The van der Waals surface area contributed by atoms with Crippen LogP contribution in [0.3, 0.4) is 0 Å². The third-order valence-electron chi connectivity index (χ3n) is 5.40. The van der Waals surface area contributed by atoms with Gasteiger partial charge in [0.2, 0.25) is 0 Å². The number of carbonyl (C=O) groups excluding carboxylic acids is 2. The SMILES string of the molecule is COC(=O)c1c(-c2cccc(OC)c2OCc2ccc(Cl)cc2)nn(-c2ccccc2)c1C(=O)OC. The lowest BCUT2D eigenvalue weighted by molar-refractivity contribution is 0.0549. The molecular weight excluding hydrogens is 484 g/mol. The number of nitrogens with zero attached hydrogens (tertiary/aromatic N) is 2. The minimum atomic E-state index is -0.751. The van der Waals surface area contributed by atoms with Gasteiger partial charge in [-0.25, -0.2) is 14.3 Å². The van der Waals surface area contributed by atoms with Gasteiger partial charge in [0.05, 0.1) is 27.0 Å². The van der Waals surface area contributed by atoms with Gasteiger partial charge in [0.25, 0.3) is 0 Å². The summed E-state index contributed by atoms with van der Waals surface area (Å²) >= 11 is 5.99. The van der Waals surface area contributed by atoms with Crippen molar-refractivity contribution in [3.63, 3.8) is 0 Å². The third kappa shape index (κ3) is 4.89. The van der Waals surface area contributed by atoms with Crippen LogP contribution < -0.4 is 9.47 Å². The molecule has 9 heteroatoms. The van der Waals surface area contributed by atoms with E-state index in [1.807, 2.05) is 18.2 Å². The van der Waals surface area contributed by atoms with Crippen molar-refractivity contribution in [2.75, 3.05) is 21.3 Å². The molecule has 0 fully saturated rings. The van der Waals surface area contributed by atoms with Crippen LogP contribution in [-0.2, 0) is 16.1 Å². The topological polar surface area (TPSA) is 88.9 Å². The Hall–Kier alpha value is -4.30. The van der Waals surface area contributed by atoms with E-state index in [2.05, 4.69) is 5.10 Å². The molecule has 1 aromatic heterocycles. The second kappa shape index (κ2) is 11.0. The maximum atomic E-state index is 13.0. The van der Waals surface area contributed by atoms with Crippen molar-refractivity contribution in [1.29, 1.82) is 0 Å². The Kier molecular flexibility index (Phi) is 7.56. The first-order valence-corrected chi connectivity index (χ1v) is 11.3. The van der Waals surface area contributed by atoms with Gasteiger partial charge in [-0.3, -0.25) is 0 Å². The van der Waals surface area contributed by atoms with Crippen LogP contribution in [-0.4, -0.2) is 43.0 Å². The zero-order valence-corrected chi connectivity index (χ0v) is 20.6. The second-order valence-corrected chi connectivity index (χ2v) is 7.99. The van der Waals surface area contributed by atoms with Crippen molar-refractivity contribution in [2.45, 2.75) is 6.61 Å². The number of aromatic nitrogens is 2. The number of carbonyl (C=O) groups is 2. The number of ether oxygens (including phenoxy) is 4. The Labute approximate surface area is 212 Å². The highest BCUT2D eigenvalue weighted by Crippen LogP contribution is 2.41. The van der Waals surface area contributed by atoms with Gasteiger partial charge in [-0.1, -0.05) is 48.0 Å². The van der Waals surface area contributed by atoms with E-state index in [1.165, 1.54) is 26.0 Å². The summed E-state index contributed by atoms with van der Waals surface area (Å²) in [4.78, 5) is 25.9. The quantitative estimate of drug-likeness (QED) is 0.297. The first kappa shape index (κ1) is 24.8. The standard InChI is InChI=1S/C27H23ClN2O6/c1-33-21-11-7-10-20(25(21)36-16-17-12-14-18(28)15-13-17)23-22(26(31)34-2)24(27(32)35-3)30(29-23)19-8-5-4-6-9-19/h4-15H,16H2,1-3H3. The number of hydrogen-bond acceptors (Lipinski definition) is 7. The van der Waals surface area contributed by atoms with Crippen LogP contribution in [0.1, 0.15) is 26.4 Å². The van der Waals surface area contributed by atoms with Gasteiger partial charge in [-0.05, 0) is 42.0 Å². The smallest absolute Gasteiger partial charge is 0.357 e. The highest BCUT2D eigenvalue weighted by molar-refractivity contribution is 6.30. The molecule has 184 valence electrons. The number of benzene rings is 3. The molecule has 0 atom stereocenters. The Bertz CT molecular complexity index is 1380. The van der Waals surface area contributed by atoms with Gasteiger partial charge in [-0.15, -0.1) is 0 Å². The minimum absolute atomic E-state index is 0.0576. The van der Waals surface area contributed by atoms with Crippen molar-refractivity contribution in [1.82, 2.24) is 9.78 Å². The summed E-state index contributed by atoms with van der Waals surface area (Å²) in [5.74, 6) is -0.732. The average molecular weight is 507 g/mol. The largest absolute Gasteiger partial charge is 0.493 e. The third-order valence-corrected chi connectivity index (χ3v) is 5.66. The molecule has 3 aromatic carbocycles. The van der Waals surface area contributed by atoms with Crippen LogP contribution in [0.4, 0.5) is 0 Å². The molecule has 0 spiro atoms. The number of para-hydroxylation sites is 2. The fourth-order valence-electron chi connectivity index (χ4n) is 3.69. The molecule has 0 saturated carbocycles. The van der Waals surface area contributed by atoms with E-state index >= 15 is 0 Å². The number of hydrogen-bond donors (Lipinski definition) is 0. The van der Waals surface area contributed by atoms with E-state index < -0.39 is 11.9 Å². The first-order chi connectivity index (χ1) is 17.5. The van der Waals surface area contributed by atoms with E-state index in [0.717, 1.165) is 5.56 Å². The molecule has 0 N–H and O–H groups in total. The predicted molar refractivity (Wildman–Crippen MR) is 134 cm³/mol. The van der Waals surface area contributed by atoms with Crippen LogP contribution in [0.5, 0.6) is 11.5 Å². The van der Waals surface area contributed by atoms with Gasteiger partial charge < -0.3 is 18.9 Å². The molecule has 0 aliphatic rings. The molecule has 4 rings (SSSR count). The van der Waals surface area contributed by atoms with Crippen LogP contribution >= 0.6 is 11.6 Å². The molecule has 4 aromatic rings. The van der Waals surface area contributed by atoms with Crippen LogP contribution in [0.15, 0.2) is 72.8 Å². The molecule has 0 aliphatic carbocycles. The van der Waals surface area contributed by atoms with Crippen molar-refractivity contribution in [2.24, 2.45) is 0 Å². The molecule has 36 heavy (non-hydrogen) atoms. The highest BCUT2D eigenvalue weighted by atomic mass is 35.5. The average Bonchev–Trinajstić information content (AvgIpc) is 3.32. The van der Waals surface area contributed by atoms with Crippen molar-refractivity contribution < 1.29 is 28.5 Å². The molecule has 0 radical (unpaired) electrons. The Morgan fingerprint density at radius 2 is 1.56 bits per heavy atom. The van der Waals surface area contributed by atoms with Crippen molar-refractivity contribution in [3.05, 3.63) is 94.6 Å². The van der Waals surface area contributed by atoms with Gasteiger partial charge in [-0.2, -0.15) is 5.10 Å². The highest BCUT2D eigenvalue weighted by Gasteiger charge is 2.33. The normalized spacial score (nSPS) is 10.6. The maximum absolute atomic E-state index is 13.0. The first-order valence-electron chi connectivity index (χ1n) is 10.9. The fourth-order valence-corrected chi connectivity index (χ4v) is 3.82. The Balaban J connectivity index is 1.93. The summed E-state index contributed by atoms with van der Waals surface area (Å²) in [5.41, 5.74) is 1.91. The van der Waals surface area contributed by atoms with Crippen LogP contribution in [0.2, 0.25) is 5.02 Å². The molecular formula is C27H23ClN2O6.